The lowest BCUT2D eigenvalue weighted by atomic mass is 10.2. The van der Waals surface area contributed by atoms with Crippen LogP contribution in [0.3, 0.4) is 0 Å². The molecule has 0 radical (unpaired) electrons. The average molecular weight is 440 g/mol. The van der Waals surface area contributed by atoms with Crippen LogP contribution in [0.4, 0.5) is 10.1 Å². The number of halogens is 5. The van der Waals surface area contributed by atoms with Gasteiger partial charge in [0, 0.05) is 6.54 Å². The number of benzene rings is 2. The van der Waals surface area contributed by atoms with Crippen molar-refractivity contribution >= 4 is 58.0 Å². The molecule has 0 aliphatic heterocycles. The quantitative estimate of drug-likeness (QED) is 0.602. The van der Waals surface area contributed by atoms with Crippen molar-refractivity contribution in [1.29, 1.82) is 0 Å². The molecule has 0 saturated heterocycles. The Labute approximate surface area is 170 Å². The minimum atomic E-state index is -0.463. The summed E-state index contributed by atoms with van der Waals surface area (Å²) in [6.45, 7) is 0.372. The van der Waals surface area contributed by atoms with Gasteiger partial charge in [-0.3, -0.25) is 9.69 Å². The zero-order chi connectivity index (χ0) is 19.4. The number of carbonyl (C=O) groups excluding carboxylic acids is 1. The predicted octanol–water partition coefficient (Wildman–Crippen LogP) is 5.52. The second kappa shape index (κ2) is 9.11. The first-order valence-corrected chi connectivity index (χ1v) is 8.88. The van der Waals surface area contributed by atoms with E-state index in [-0.39, 0.29) is 44.0 Å². The minimum absolute atomic E-state index is 0.0183. The van der Waals surface area contributed by atoms with Crippen LogP contribution in [0, 0.1) is 5.82 Å². The van der Waals surface area contributed by atoms with E-state index in [4.69, 9.17) is 51.1 Å². The van der Waals surface area contributed by atoms with E-state index in [0.29, 0.717) is 12.1 Å². The molecule has 0 fully saturated rings. The summed E-state index contributed by atoms with van der Waals surface area (Å²) in [6, 6.07) is 6.01. The first kappa shape index (κ1) is 21.1. The molecule has 0 spiro atoms. The molecule has 1 N–H and O–H groups in total. The van der Waals surface area contributed by atoms with Gasteiger partial charge < -0.3 is 10.1 Å². The van der Waals surface area contributed by atoms with E-state index >= 15 is 0 Å². The van der Waals surface area contributed by atoms with Gasteiger partial charge in [0.15, 0.2) is 11.6 Å². The molecule has 0 aliphatic rings. The summed E-state index contributed by atoms with van der Waals surface area (Å²) in [5, 5.41) is 3.17. The normalized spacial score (nSPS) is 10.9. The molecule has 26 heavy (non-hydrogen) atoms. The summed E-state index contributed by atoms with van der Waals surface area (Å²) in [4.78, 5) is 14.0. The number of hydrogen-bond donors (Lipinski definition) is 1. The zero-order valence-corrected chi connectivity index (χ0v) is 16.9. The standard InChI is InChI=1S/C17H15Cl4FN2O2/c1-24(7-9-3-4-13(26-2)12(22)5-9)8-14(25)23-17-15(20)10(18)6-11(19)16(17)21/h3-6H,7-8H2,1-2H3,(H,23,25). The molecule has 1 amide bonds. The van der Waals surface area contributed by atoms with Crippen LogP contribution in [0.15, 0.2) is 24.3 Å². The van der Waals surface area contributed by atoms with Gasteiger partial charge in [-0.15, -0.1) is 0 Å². The zero-order valence-electron chi connectivity index (χ0n) is 13.9. The smallest absolute Gasteiger partial charge is 0.238 e. The Bertz CT molecular complexity index is 807. The number of methoxy groups -OCH3 is 1. The van der Waals surface area contributed by atoms with Crippen LogP contribution in [0.2, 0.25) is 20.1 Å². The predicted molar refractivity (Wildman–Crippen MR) is 104 cm³/mol. The van der Waals surface area contributed by atoms with Crippen molar-refractivity contribution in [2.75, 3.05) is 26.0 Å². The molecule has 0 aliphatic carbocycles. The van der Waals surface area contributed by atoms with Gasteiger partial charge in [-0.2, -0.15) is 0 Å². The van der Waals surface area contributed by atoms with E-state index < -0.39 is 5.82 Å². The first-order chi connectivity index (χ1) is 12.2. The maximum absolute atomic E-state index is 13.7. The number of hydrogen-bond acceptors (Lipinski definition) is 3. The SMILES string of the molecule is COc1ccc(CN(C)CC(=O)Nc2c(Cl)c(Cl)cc(Cl)c2Cl)cc1F. The van der Waals surface area contributed by atoms with Crippen LogP contribution in [0.5, 0.6) is 5.75 Å². The Hall–Kier alpha value is -1.24. The van der Waals surface area contributed by atoms with Crippen molar-refractivity contribution in [2.24, 2.45) is 0 Å². The second-order valence-corrected chi connectivity index (χ2v) is 7.10. The summed E-state index contributed by atoms with van der Waals surface area (Å²) >= 11 is 24.0. The number of amides is 1. The topological polar surface area (TPSA) is 41.6 Å². The lowest BCUT2D eigenvalue weighted by Gasteiger charge is -2.18. The number of nitrogens with zero attached hydrogens (tertiary/aromatic N) is 1. The Morgan fingerprint density at radius 1 is 1.15 bits per heavy atom. The maximum atomic E-state index is 13.7. The Morgan fingerprint density at radius 2 is 1.77 bits per heavy atom. The molecule has 0 unspecified atom stereocenters. The number of rotatable bonds is 6. The Balaban J connectivity index is 2.03. The monoisotopic (exact) mass is 438 g/mol. The molecule has 2 rings (SSSR count). The highest BCUT2D eigenvalue weighted by molar-refractivity contribution is 6.50. The van der Waals surface area contributed by atoms with Crippen LogP contribution < -0.4 is 10.1 Å². The van der Waals surface area contributed by atoms with Crippen molar-refractivity contribution in [3.8, 4) is 5.75 Å². The number of carbonyl (C=O) groups is 1. The lowest BCUT2D eigenvalue weighted by molar-refractivity contribution is -0.117. The van der Waals surface area contributed by atoms with Crippen LogP contribution in [-0.2, 0) is 11.3 Å². The van der Waals surface area contributed by atoms with E-state index in [2.05, 4.69) is 5.32 Å². The largest absolute Gasteiger partial charge is 0.494 e. The van der Waals surface area contributed by atoms with Gasteiger partial charge in [-0.05, 0) is 30.8 Å². The van der Waals surface area contributed by atoms with Gasteiger partial charge in [0.1, 0.15) is 0 Å². The molecule has 0 atom stereocenters. The third kappa shape index (κ3) is 5.15. The highest BCUT2D eigenvalue weighted by Gasteiger charge is 2.17. The van der Waals surface area contributed by atoms with Gasteiger partial charge in [-0.25, -0.2) is 4.39 Å². The fourth-order valence-corrected chi connectivity index (χ4v) is 3.19. The second-order valence-electron chi connectivity index (χ2n) is 5.53. The number of nitrogens with one attached hydrogen (secondary N) is 1. The number of ether oxygens (including phenoxy) is 1. The molecule has 0 aromatic heterocycles. The van der Waals surface area contributed by atoms with Crippen molar-refractivity contribution < 1.29 is 13.9 Å². The number of likely N-dealkylation sites (N-methyl/N-ethyl adjacent to an activating group) is 1. The summed E-state index contributed by atoms with van der Waals surface area (Å²) in [5.41, 5.74) is 0.847. The molecule has 2 aromatic carbocycles. The Kier molecular flexibility index (Phi) is 7.38. The van der Waals surface area contributed by atoms with E-state index in [0.717, 1.165) is 0 Å². The molecule has 0 saturated carbocycles. The van der Waals surface area contributed by atoms with E-state index in [9.17, 15) is 9.18 Å². The summed E-state index contributed by atoms with van der Waals surface area (Å²) in [7, 11) is 3.11. The van der Waals surface area contributed by atoms with E-state index in [1.807, 2.05) is 0 Å². The van der Waals surface area contributed by atoms with Crippen LogP contribution in [-0.4, -0.2) is 31.5 Å². The van der Waals surface area contributed by atoms with Crippen molar-refractivity contribution in [2.45, 2.75) is 6.54 Å². The van der Waals surface area contributed by atoms with Crippen LogP contribution in [0.25, 0.3) is 0 Å². The van der Waals surface area contributed by atoms with Gasteiger partial charge >= 0.3 is 0 Å². The molecular formula is C17H15Cl4FN2O2. The highest BCUT2D eigenvalue weighted by Crippen LogP contribution is 2.40. The van der Waals surface area contributed by atoms with Crippen molar-refractivity contribution in [3.63, 3.8) is 0 Å². The number of anilines is 1. The van der Waals surface area contributed by atoms with Crippen LogP contribution >= 0.6 is 46.4 Å². The molecule has 0 bridgehead atoms. The fraction of sp³-hybridized carbons (Fsp3) is 0.235. The molecule has 2 aromatic rings. The first-order valence-electron chi connectivity index (χ1n) is 7.36. The summed E-state index contributed by atoms with van der Waals surface area (Å²) in [5.74, 6) is -0.671. The van der Waals surface area contributed by atoms with E-state index in [1.54, 1.807) is 18.0 Å². The van der Waals surface area contributed by atoms with Crippen molar-refractivity contribution in [3.05, 3.63) is 55.7 Å². The molecule has 0 heterocycles. The summed E-state index contributed by atoms with van der Waals surface area (Å²) in [6.07, 6.45) is 0. The molecule has 9 heteroatoms. The third-order valence-corrected chi connectivity index (χ3v) is 5.03. The van der Waals surface area contributed by atoms with Gasteiger partial charge in [0.05, 0.1) is 39.4 Å². The maximum Gasteiger partial charge on any atom is 0.238 e. The fourth-order valence-electron chi connectivity index (χ4n) is 2.28. The van der Waals surface area contributed by atoms with Crippen molar-refractivity contribution in [1.82, 2.24) is 4.90 Å². The summed E-state index contributed by atoms with van der Waals surface area (Å²) < 4.78 is 18.6. The van der Waals surface area contributed by atoms with Gasteiger partial charge in [-0.1, -0.05) is 52.5 Å². The van der Waals surface area contributed by atoms with Gasteiger partial charge in [0.2, 0.25) is 5.91 Å². The van der Waals surface area contributed by atoms with Crippen LogP contribution in [0.1, 0.15) is 5.56 Å². The Morgan fingerprint density at radius 3 is 2.31 bits per heavy atom. The van der Waals surface area contributed by atoms with Gasteiger partial charge in [0.25, 0.3) is 0 Å². The minimum Gasteiger partial charge on any atom is -0.494 e. The third-order valence-electron chi connectivity index (χ3n) is 3.46. The molecule has 140 valence electrons. The molecular weight excluding hydrogens is 425 g/mol. The highest BCUT2D eigenvalue weighted by atomic mass is 35.5. The average Bonchev–Trinajstić information content (AvgIpc) is 2.57. The molecule has 4 nitrogen and oxygen atoms in total. The lowest BCUT2D eigenvalue weighted by Crippen LogP contribution is -2.30. The van der Waals surface area contributed by atoms with E-state index in [1.165, 1.54) is 25.3 Å².